The third-order valence-electron chi connectivity index (χ3n) is 6.72. The summed E-state index contributed by atoms with van der Waals surface area (Å²) in [6, 6.07) is 40.7. The van der Waals surface area contributed by atoms with Crippen LogP contribution in [0.3, 0.4) is 0 Å². The summed E-state index contributed by atoms with van der Waals surface area (Å²) in [5.74, 6) is 0. The summed E-state index contributed by atoms with van der Waals surface area (Å²) in [6.07, 6.45) is 0. The number of hydrogen-bond donors (Lipinski definition) is 0. The van der Waals surface area contributed by atoms with Crippen LogP contribution in [-0.4, -0.2) is 9.97 Å². The number of nitrogens with zero attached hydrogens (tertiary/aromatic N) is 3. The fraction of sp³-hybridized carbons (Fsp3) is 0. The van der Waals surface area contributed by atoms with Gasteiger partial charge >= 0.3 is 0 Å². The molecule has 0 bridgehead atoms. The van der Waals surface area contributed by atoms with Gasteiger partial charge in [-0.25, -0.2) is 9.97 Å². The molecular formula is C32H19N3S3. The largest absolute Gasteiger partial charge is 0.308 e. The quantitative estimate of drug-likeness (QED) is 0.222. The second-order valence-electron chi connectivity index (χ2n) is 9.11. The van der Waals surface area contributed by atoms with Crippen LogP contribution < -0.4 is 4.90 Å². The molecule has 5 aromatic carbocycles. The summed E-state index contributed by atoms with van der Waals surface area (Å²) in [6.45, 7) is 0. The van der Waals surface area contributed by atoms with Gasteiger partial charge in [-0.3, -0.25) is 0 Å². The molecule has 1 aliphatic rings. The summed E-state index contributed by atoms with van der Waals surface area (Å²) in [7, 11) is 0. The predicted octanol–water partition coefficient (Wildman–Crippen LogP) is 10.2. The lowest BCUT2D eigenvalue weighted by molar-refractivity contribution is 1.17. The Morgan fingerprint density at radius 3 is 1.58 bits per heavy atom. The Labute approximate surface area is 232 Å². The van der Waals surface area contributed by atoms with Gasteiger partial charge < -0.3 is 4.90 Å². The SMILES string of the molecule is c1ccc(-c2nc3cc4sc(-c5ccc(N6c7ccccc7Sc7ccccc76)cc5)nc4cc3s2)cc1. The molecular weight excluding hydrogens is 523 g/mol. The highest BCUT2D eigenvalue weighted by Gasteiger charge is 2.24. The fourth-order valence-electron chi connectivity index (χ4n) is 4.91. The molecule has 0 aliphatic carbocycles. The topological polar surface area (TPSA) is 29.0 Å². The zero-order valence-electron chi connectivity index (χ0n) is 20.0. The smallest absolute Gasteiger partial charge is 0.124 e. The van der Waals surface area contributed by atoms with Gasteiger partial charge in [-0.05, 0) is 60.7 Å². The molecule has 38 heavy (non-hydrogen) atoms. The molecule has 0 saturated carbocycles. The van der Waals surface area contributed by atoms with E-state index in [1.807, 2.05) is 17.8 Å². The number of rotatable bonds is 3. The minimum Gasteiger partial charge on any atom is -0.308 e. The van der Waals surface area contributed by atoms with E-state index in [4.69, 9.17) is 9.97 Å². The van der Waals surface area contributed by atoms with Crippen LogP contribution >= 0.6 is 34.4 Å². The molecule has 8 rings (SSSR count). The Balaban J connectivity index is 1.16. The normalized spacial score (nSPS) is 12.6. The van der Waals surface area contributed by atoms with Crippen LogP contribution in [0.25, 0.3) is 41.6 Å². The third kappa shape index (κ3) is 3.64. The summed E-state index contributed by atoms with van der Waals surface area (Å²) in [5.41, 5.74) is 7.92. The molecule has 3 heterocycles. The number of fused-ring (bicyclic) bond motifs is 4. The first-order valence-electron chi connectivity index (χ1n) is 12.3. The van der Waals surface area contributed by atoms with E-state index in [-0.39, 0.29) is 0 Å². The van der Waals surface area contributed by atoms with Crippen molar-refractivity contribution < 1.29 is 0 Å². The Hall–Kier alpha value is -3.97. The monoisotopic (exact) mass is 541 g/mol. The number of para-hydroxylation sites is 2. The van der Waals surface area contributed by atoms with Crippen molar-refractivity contribution >= 4 is 71.9 Å². The van der Waals surface area contributed by atoms with E-state index in [9.17, 15) is 0 Å². The Bertz CT molecular complexity index is 1860. The lowest BCUT2D eigenvalue weighted by atomic mass is 10.1. The molecule has 0 atom stereocenters. The highest BCUT2D eigenvalue weighted by molar-refractivity contribution is 7.99. The zero-order chi connectivity index (χ0) is 25.1. The number of thiazole rings is 2. The standard InChI is InChI=1S/C32H19N3S3/c1-2-8-20(9-3-1)31-33-23-18-30-24(19-29(23)37-31)34-32(38-30)21-14-16-22(17-15-21)35-25-10-4-6-12-27(25)36-28-13-7-5-11-26(28)35/h1-19H. The molecule has 0 N–H and O–H groups in total. The molecule has 0 fully saturated rings. The minimum atomic E-state index is 1.03. The van der Waals surface area contributed by atoms with Crippen LogP contribution in [-0.2, 0) is 0 Å². The molecule has 0 saturated heterocycles. The van der Waals surface area contributed by atoms with Crippen LogP contribution in [0.1, 0.15) is 0 Å². The number of aromatic nitrogens is 2. The van der Waals surface area contributed by atoms with E-state index in [2.05, 4.69) is 114 Å². The summed E-state index contributed by atoms with van der Waals surface area (Å²) in [4.78, 5) is 14.8. The first kappa shape index (κ1) is 22.1. The molecule has 7 aromatic rings. The maximum Gasteiger partial charge on any atom is 0.124 e. The fourth-order valence-corrected chi connectivity index (χ4v) is 7.94. The van der Waals surface area contributed by atoms with Gasteiger partial charge in [0.15, 0.2) is 0 Å². The van der Waals surface area contributed by atoms with Gasteiger partial charge in [0.1, 0.15) is 10.0 Å². The van der Waals surface area contributed by atoms with Gasteiger partial charge in [0.2, 0.25) is 0 Å². The van der Waals surface area contributed by atoms with Crippen molar-refractivity contribution in [1.29, 1.82) is 0 Å². The van der Waals surface area contributed by atoms with Gasteiger partial charge in [-0.2, -0.15) is 0 Å². The number of hydrogen-bond acceptors (Lipinski definition) is 6. The number of anilines is 3. The van der Waals surface area contributed by atoms with Crippen LogP contribution in [0, 0.1) is 0 Å². The molecule has 0 unspecified atom stereocenters. The Kier molecular flexibility index (Phi) is 5.11. The van der Waals surface area contributed by atoms with Crippen molar-refractivity contribution in [3.8, 4) is 21.1 Å². The maximum absolute atomic E-state index is 5.01. The molecule has 2 aromatic heterocycles. The second kappa shape index (κ2) is 8.81. The van der Waals surface area contributed by atoms with Crippen molar-refractivity contribution in [2.45, 2.75) is 9.79 Å². The molecule has 6 heteroatoms. The van der Waals surface area contributed by atoms with Gasteiger partial charge in [0.05, 0.1) is 31.8 Å². The number of benzene rings is 5. The van der Waals surface area contributed by atoms with Crippen molar-refractivity contribution in [3.05, 3.63) is 115 Å². The average molecular weight is 542 g/mol. The lowest BCUT2D eigenvalue weighted by Crippen LogP contribution is -2.14. The average Bonchev–Trinajstić information content (AvgIpc) is 3.58. The highest BCUT2D eigenvalue weighted by atomic mass is 32.2. The third-order valence-corrected chi connectivity index (χ3v) is 9.99. The molecule has 180 valence electrons. The van der Waals surface area contributed by atoms with Crippen molar-refractivity contribution in [3.63, 3.8) is 0 Å². The zero-order valence-corrected chi connectivity index (χ0v) is 22.5. The van der Waals surface area contributed by atoms with Crippen LogP contribution in [0.15, 0.2) is 125 Å². The highest BCUT2D eigenvalue weighted by Crippen LogP contribution is 2.51. The van der Waals surface area contributed by atoms with E-state index < -0.39 is 0 Å². The van der Waals surface area contributed by atoms with E-state index >= 15 is 0 Å². The summed E-state index contributed by atoms with van der Waals surface area (Å²) >= 11 is 5.28. The van der Waals surface area contributed by atoms with Gasteiger partial charge in [0, 0.05) is 26.6 Å². The molecule has 3 nitrogen and oxygen atoms in total. The Morgan fingerprint density at radius 2 is 1.00 bits per heavy atom. The summed E-state index contributed by atoms with van der Waals surface area (Å²) < 4.78 is 2.33. The molecule has 1 aliphatic heterocycles. The first-order valence-corrected chi connectivity index (χ1v) is 14.8. The van der Waals surface area contributed by atoms with E-state index in [1.54, 1.807) is 22.7 Å². The molecule has 0 radical (unpaired) electrons. The van der Waals surface area contributed by atoms with Gasteiger partial charge in [-0.15, -0.1) is 22.7 Å². The van der Waals surface area contributed by atoms with E-state index in [0.29, 0.717) is 0 Å². The molecule has 0 amide bonds. The van der Waals surface area contributed by atoms with E-state index in [1.165, 1.54) is 25.9 Å². The van der Waals surface area contributed by atoms with Crippen molar-refractivity contribution in [2.24, 2.45) is 0 Å². The van der Waals surface area contributed by atoms with Crippen LogP contribution in [0.5, 0.6) is 0 Å². The predicted molar refractivity (Wildman–Crippen MR) is 162 cm³/mol. The van der Waals surface area contributed by atoms with Crippen LogP contribution in [0.4, 0.5) is 17.1 Å². The van der Waals surface area contributed by atoms with Crippen molar-refractivity contribution in [2.75, 3.05) is 4.90 Å². The van der Waals surface area contributed by atoms with E-state index in [0.717, 1.165) is 42.6 Å². The molecule has 0 spiro atoms. The second-order valence-corrected chi connectivity index (χ2v) is 12.3. The minimum absolute atomic E-state index is 1.03. The van der Waals surface area contributed by atoms with Gasteiger partial charge in [-0.1, -0.05) is 66.4 Å². The van der Waals surface area contributed by atoms with Crippen molar-refractivity contribution in [1.82, 2.24) is 9.97 Å². The first-order chi connectivity index (χ1) is 18.8. The Morgan fingerprint density at radius 1 is 0.500 bits per heavy atom. The maximum atomic E-state index is 5.01. The van der Waals surface area contributed by atoms with Gasteiger partial charge in [0.25, 0.3) is 0 Å². The summed E-state index contributed by atoms with van der Waals surface area (Å²) in [5, 5.41) is 2.08. The van der Waals surface area contributed by atoms with Crippen LogP contribution in [0.2, 0.25) is 0 Å². The lowest BCUT2D eigenvalue weighted by Gasteiger charge is -2.32.